The third-order valence-electron chi connectivity index (χ3n) is 4.35. The number of ether oxygens (including phenoxy) is 3. The highest BCUT2D eigenvalue weighted by molar-refractivity contribution is 6.08. The van der Waals surface area contributed by atoms with Gasteiger partial charge in [0.25, 0.3) is 5.91 Å². The molecule has 2 aromatic rings. The number of alkyl carbamates (subject to hydrolysis) is 1. The molecule has 9 heteroatoms. The molecule has 0 bridgehead atoms. The van der Waals surface area contributed by atoms with Crippen molar-refractivity contribution in [3.8, 4) is 11.5 Å². The number of carbonyl (C=O) groups is 3. The van der Waals surface area contributed by atoms with E-state index in [1.807, 2.05) is 6.07 Å². The lowest BCUT2D eigenvalue weighted by Crippen LogP contribution is -2.35. The Labute approximate surface area is 193 Å². The van der Waals surface area contributed by atoms with Gasteiger partial charge in [0, 0.05) is 25.2 Å². The van der Waals surface area contributed by atoms with Crippen molar-refractivity contribution in [2.45, 2.75) is 39.3 Å². The van der Waals surface area contributed by atoms with E-state index in [-0.39, 0.29) is 31.3 Å². The minimum Gasteiger partial charge on any atom is -0.496 e. The molecule has 0 heterocycles. The van der Waals surface area contributed by atoms with Gasteiger partial charge in [0.05, 0.1) is 14.2 Å². The number of nitrogens with one attached hydrogen (secondary N) is 3. The molecule has 0 aliphatic rings. The van der Waals surface area contributed by atoms with Gasteiger partial charge in [0.15, 0.2) is 0 Å². The zero-order valence-corrected chi connectivity index (χ0v) is 19.6. The van der Waals surface area contributed by atoms with Gasteiger partial charge in [-0.15, -0.1) is 0 Å². The topological polar surface area (TPSA) is 115 Å². The molecule has 2 aromatic carbocycles. The van der Waals surface area contributed by atoms with Crippen molar-refractivity contribution in [2.24, 2.45) is 0 Å². The van der Waals surface area contributed by atoms with Crippen molar-refractivity contribution >= 4 is 23.6 Å². The highest BCUT2D eigenvalue weighted by Crippen LogP contribution is 2.29. The molecule has 0 aliphatic carbocycles. The molecule has 0 unspecified atom stereocenters. The maximum Gasteiger partial charge on any atom is 0.407 e. The van der Waals surface area contributed by atoms with Crippen LogP contribution in [0.2, 0.25) is 0 Å². The lowest BCUT2D eigenvalue weighted by Gasteiger charge is -2.19. The summed E-state index contributed by atoms with van der Waals surface area (Å²) in [6, 6.07) is 12.2. The fourth-order valence-electron chi connectivity index (χ4n) is 2.91. The largest absolute Gasteiger partial charge is 0.496 e. The van der Waals surface area contributed by atoms with Gasteiger partial charge in [0.2, 0.25) is 5.91 Å². The van der Waals surface area contributed by atoms with Crippen molar-refractivity contribution in [1.29, 1.82) is 0 Å². The first-order chi connectivity index (χ1) is 15.6. The van der Waals surface area contributed by atoms with Crippen LogP contribution in [0.3, 0.4) is 0 Å². The normalized spacial score (nSPS) is 10.7. The molecule has 0 saturated heterocycles. The summed E-state index contributed by atoms with van der Waals surface area (Å²) in [7, 11) is 2.97. The van der Waals surface area contributed by atoms with Gasteiger partial charge in [-0.2, -0.15) is 0 Å². The number of methoxy groups -OCH3 is 2. The van der Waals surface area contributed by atoms with Crippen LogP contribution in [-0.4, -0.2) is 44.3 Å². The third-order valence-corrected chi connectivity index (χ3v) is 4.35. The molecule has 178 valence electrons. The van der Waals surface area contributed by atoms with E-state index in [4.69, 9.17) is 14.2 Å². The zero-order valence-electron chi connectivity index (χ0n) is 19.6. The third kappa shape index (κ3) is 8.36. The Morgan fingerprint density at radius 2 is 1.55 bits per heavy atom. The smallest absolute Gasteiger partial charge is 0.407 e. The number of amides is 3. The minimum absolute atomic E-state index is 0.114. The average molecular weight is 458 g/mol. The van der Waals surface area contributed by atoms with Gasteiger partial charge >= 0.3 is 6.09 Å². The first-order valence-corrected chi connectivity index (χ1v) is 10.5. The first kappa shape index (κ1) is 25.5. The molecule has 0 atom stereocenters. The second-order valence-electron chi connectivity index (χ2n) is 8.15. The van der Waals surface area contributed by atoms with Gasteiger partial charge in [-0.05, 0) is 50.6 Å². The van der Waals surface area contributed by atoms with E-state index in [0.29, 0.717) is 22.7 Å². The van der Waals surface area contributed by atoms with E-state index < -0.39 is 11.7 Å². The first-order valence-electron chi connectivity index (χ1n) is 10.5. The lowest BCUT2D eigenvalue weighted by molar-refractivity contribution is -0.121. The molecule has 0 radical (unpaired) electrons. The fourth-order valence-corrected chi connectivity index (χ4v) is 2.91. The minimum atomic E-state index is -0.594. The molecule has 0 fully saturated rings. The number of hydrogen-bond donors (Lipinski definition) is 3. The molecule has 0 spiro atoms. The van der Waals surface area contributed by atoms with E-state index in [2.05, 4.69) is 16.0 Å². The number of benzene rings is 2. The Balaban J connectivity index is 1.89. The molecule has 9 nitrogen and oxygen atoms in total. The zero-order chi connectivity index (χ0) is 24.4. The Hall–Kier alpha value is -3.75. The van der Waals surface area contributed by atoms with Crippen molar-refractivity contribution in [2.75, 3.05) is 26.1 Å². The lowest BCUT2D eigenvalue weighted by atomic mass is 10.1. The number of anilines is 1. The summed E-state index contributed by atoms with van der Waals surface area (Å²) in [6.07, 6.45) is -0.450. The second kappa shape index (κ2) is 11.8. The van der Waals surface area contributed by atoms with Crippen molar-refractivity contribution in [1.82, 2.24) is 10.6 Å². The van der Waals surface area contributed by atoms with Crippen molar-refractivity contribution in [3.05, 3.63) is 53.6 Å². The van der Waals surface area contributed by atoms with Crippen LogP contribution in [0.4, 0.5) is 10.5 Å². The van der Waals surface area contributed by atoms with E-state index in [9.17, 15) is 14.4 Å². The Bertz CT molecular complexity index is 962. The summed E-state index contributed by atoms with van der Waals surface area (Å²) in [5, 5.41) is 8.16. The Morgan fingerprint density at radius 1 is 0.909 bits per heavy atom. The predicted molar refractivity (Wildman–Crippen MR) is 125 cm³/mol. The van der Waals surface area contributed by atoms with Crippen LogP contribution in [-0.2, 0) is 16.1 Å². The summed E-state index contributed by atoms with van der Waals surface area (Å²) in [5.41, 5.74) is 1.06. The summed E-state index contributed by atoms with van der Waals surface area (Å²) in [5.74, 6) is 0.198. The van der Waals surface area contributed by atoms with Crippen LogP contribution in [0.1, 0.15) is 43.1 Å². The van der Waals surface area contributed by atoms with Crippen molar-refractivity contribution < 1.29 is 28.6 Å². The molecular formula is C24H31N3O6. The average Bonchev–Trinajstić information content (AvgIpc) is 2.76. The predicted octanol–water partition coefficient (Wildman–Crippen LogP) is 3.49. The summed E-state index contributed by atoms with van der Waals surface area (Å²) < 4.78 is 15.7. The van der Waals surface area contributed by atoms with Gasteiger partial charge in [-0.25, -0.2) is 4.79 Å². The molecule has 2 rings (SSSR count). The SMILES string of the molecule is COc1cccc(OC)c1C(=O)Nc1cccc(CNC(=O)CCNC(=O)OC(C)(C)C)c1. The van der Waals surface area contributed by atoms with Crippen LogP contribution in [0, 0.1) is 0 Å². The van der Waals surface area contributed by atoms with Crippen LogP contribution in [0.25, 0.3) is 0 Å². The maximum atomic E-state index is 12.8. The Morgan fingerprint density at radius 3 is 2.15 bits per heavy atom. The second-order valence-corrected chi connectivity index (χ2v) is 8.15. The van der Waals surface area contributed by atoms with Crippen LogP contribution in [0.5, 0.6) is 11.5 Å². The number of carbonyl (C=O) groups excluding carboxylic acids is 3. The van der Waals surface area contributed by atoms with Crippen LogP contribution in [0.15, 0.2) is 42.5 Å². The summed E-state index contributed by atoms with van der Waals surface area (Å²) in [4.78, 5) is 36.5. The standard InChI is InChI=1S/C24H31N3O6/c1-24(2,3)33-23(30)25-13-12-20(28)26-15-16-8-6-9-17(14-16)27-22(29)21-18(31-4)10-7-11-19(21)32-5/h6-11,14H,12-13,15H2,1-5H3,(H,25,30)(H,26,28)(H,27,29). The maximum absolute atomic E-state index is 12.8. The fraction of sp³-hybridized carbons (Fsp3) is 0.375. The molecule has 3 N–H and O–H groups in total. The van der Waals surface area contributed by atoms with E-state index in [1.165, 1.54) is 14.2 Å². The molecule has 0 aromatic heterocycles. The quantitative estimate of drug-likeness (QED) is 0.531. The highest BCUT2D eigenvalue weighted by Gasteiger charge is 2.18. The van der Waals surface area contributed by atoms with E-state index in [0.717, 1.165) is 5.56 Å². The number of hydrogen-bond acceptors (Lipinski definition) is 6. The van der Waals surface area contributed by atoms with E-state index in [1.54, 1.807) is 57.2 Å². The molecule has 0 saturated carbocycles. The van der Waals surface area contributed by atoms with Crippen LogP contribution >= 0.6 is 0 Å². The summed E-state index contributed by atoms with van der Waals surface area (Å²) in [6.45, 7) is 5.73. The van der Waals surface area contributed by atoms with Gasteiger partial charge in [0.1, 0.15) is 22.7 Å². The monoisotopic (exact) mass is 457 g/mol. The molecule has 0 aliphatic heterocycles. The van der Waals surface area contributed by atoms with Crippen LogP contribution < -0.4 is 25.4 Å². The molecule has 33 heavy (non-hydrogen) atoms. The van der Waals surface area contributed by atoms with Crippen molar-refractivity contribution in [3.63, 3.8) is 0 Å². The number of rotatable bonds is 9. The van der Waals surface area contributed by atoms with Gasteiger partial charge in [-0.1, -0.05) is 18.2 Å². The van der Waals surface area contributed by atoms with Gasteiger partial charge in [-0.3, -0.25) is 9.59 Å². The molecular weight excluding hydrogens is 426 g/mol. The van der Waals surface area contributed by atoms with E-state index >= 15 is 0 Å². The Kier molecular flexibility index (Phi) is 9.08. The highest BCUT2D eigenvalue weighted by atomic mass is 16.6. The van der Waals surface area contributed by atoms with Gasteiger partial charge < -0.3 is 30.2 Å². The summed E-state index contributed by atoms with van der Waals surface area (Å²) >= 11 is 0. The molecule has 3 amide bonds.